The highest BCUT2D eigenvalue weighted by atomic mass is 16.6. The Labute approximate surface area is 110 Å². The highest BCUT2D eigenvalue weighted by molar-refractivity contribution is 5.70. The van der Waals surface area contributed by atoms with Gasteiger partial charge in [-0.1, -0.05) is 12.8 Å². The second-order valence-electron chi connectivity index (χ2n) is 6.15. The largest absolute Gasteiger partial charge is 0.460 e. The number of aliphatic hydroxyl groups excluding tert-OH is 1. The van der Waals surface area contributed by atoms with E-state index < -0.39 is 5.60 Å². The van der Waals surface area contributed by atoms with Crippen LogP contribution in [0.25, 0.3) is 0 Å². The van der Waals surface area contributed by atoms with E-state index in [1.165, 1.54) is 6.42 Å². The third-order valence-electron chi connectivity index (χ3n) is 3.20. The van der Waals surface area contributed by atoms with Crippen LogP contribution >= 0.6 is 0 Å². The number of aliphatic hydroxyl groups is 1. The molecule has 106 valence electrons. The molecule has 2 atom stereocenters. The summed E-state index contributed by atoms with van der Waals surface area (Å²) in [7, 11) is 0. The van der Waals surface area contributed by atoms with E-state index in [4.69, 9.17) is 4.74 Å². The molecule has 1 aliphatic rings. The van der Waals surface area contributed by atoms with Gasteiger partial charge in [0.05, 0.1) is 12.5 Å². The molecule has 1 saturated carbocycles. The maximum atomic E-state index is 11.5. The summed E-state index contributed by atoms with van der Waals surface area (Å²) in [6, 6.07) is 0. The predicted molar refractivity (Wildman–Crippen MR) is 71.3 cm³/mol. The van der Waals surface area contributed by atoms with Gasteiger partial charge in [-0.3, -0.25) is 4.79 Å². The average molecular weight is 257 g/mol. The lowest BCUT2D eigenvalue weighted by Gasteiger charge is -2.27. The van der Waals surface area contributed by atoms with Crippen LogP contribution in [0.4, 0.5) is 0 Å². The van der Waals surface area contributed by atoms with Crippen molar-refractivity contribution >= 4 is 5.97 Å². The molecule has 0 aromatic rings. The summed E-state index contributed by atoms with van der Waals surface area (Å²) in [6.45, 7) is 7.03. The monoisotopic (exact) mass is 257 g/mol. The molecule has 4 nitrogen and oxygen atoms in total. The van der Waals surface area contributed by atoms with E-state index in [1.54, 1.807) is 0 Å². The summed E-state index contributed by atoms with van der Waals surface area (Å²) in [5.41, 5.74) is -0.406. The molecule has 0 aromatic carbocycles. The van der Waals surface area contributed by atoms with Crippen molar-refractivity contribution in [3.63, 3.8) is 0 Å². The van der Waals surface area contributed by atoms with Crippen LogP contribution < -0.4 is 5.32 Å². The second kappa shape index (κ2) is 7.10. The molecule has 1 fully saturated rings. The van der Waals surface area contributed by atoms with Crippen molar-refractivity contribution in [1.29, 1.82) is 0 Å². The van der Waals surface area contributed by atoms with Gasteiger partial charge >= 0.3 is 5.97 Å². The number of esters is 1. The Morgan fingerprint density at radius 2 is 2.00 bits per heavy atom. The number of carbonyl (C=O) groups is 1. The SMILES string of the molecule is CC(C)(C)OC(=O)CCNCC1CCCCC1O. The van der Waals surface area contributed by atoms with Gasteiger partial charge in [0.25, 0.3) is 0 Å². The van der Waals surface area contributed by atoms with E-state index >= 15 is 0 Å². The molecular formula is C14H27NO3. The fourth-order valence-corrected chi connectivity index (χ4v) is 2.30. The first-order valence-electron chi connectivity index (χ1n) is 6.99. The zero-order valence-electron chi connectivity index (χ0n) is 11.9. The summed E-state index contributed by atoms with van der Waals surface area (Å²) < 4.78 is 5.22. The number of hydrogen-bond donors (Lipinski definition) is 2. The van der Waals surface area contributed by atoms with E-state index in [2.05, 4.69) is 5.32 Å². The minimum atomic E-state index is -0.406. The van der Waals surface area contributed by atoms with Crippen molar-refractivity contribution in [2.75, 3.05) is 13.1 Å². The van der Waals surface area contributed by atoms with Crippen LogP contribution in [0.3, 0.4) is 0 Å². The Balaban J connectivity index is 2.09. The van der Waals surface area contributed by atoms with Gasteiger partial charge in [-0.2, -0.15) is 0 Å². The first-order valence-corrected chi connectivity index (χ1v) is 6.99. The van der Waals surface area contributed by atoms with E-state index in [-0.39, 0.29) is 12.1 Å². The van der Waals surface area contributed by atoms with Crippen LogP contribution in [-0.2, 0) is 9.53 Å². The summed E-state index contributed by atoms with van der Waals surface area (Å²) in [5.74, 6) is 0.177. The van der Waals surface area contributed by atoms with Crippen molar-refractivity contribution < 1.29 is 14.6 Å². The van der Waals surface area contributed by atoms with Crippen LogP contribution in [0.5, 0.6) is 0 Å². The molecule has 18 heavy (non-hydrogen) atoms. The maximum absolute atomic E-state index is 11.5. The van der Waals surface area contributed by atoms with E-state index in [9.17, 15) is 9.90 Å². The van der Waals surface area contributed by atoms with Crippen LogP contribution in [0, 0.1) is 5.92 Å². The normalized spacial score (nSPS) is 24.9. The van der Waals surface area contributed by atoms with Gasteiger partial charge in [0.2, 0.25) is 0 Å². The van der Waals surface area contributed by atoms with Gasteiger partial charge in [-0.05, 0) is 39.5 Å². The van der Waals surface area contributed by atoms with Crippen LogP contribution in [0.2, 0.25) is 0 Å². The van der Waals surface area contributed by atoms with Gasteiger partial charge in [-0.15, -0.1) is 0 Å². The molecule has 0 amide bonds. The Hall–Kier alpha value is -0.610. The number of nitrogens with one attached hydrogen (secondary N) is 1. The Bertz CT molecular complexity index is 260. The summed E-state index contributed by atoms with van der Waals surface area (Å²) in [5, 5.41) is 13.0. The number of ether oxygens (including phenoxy) is 1. The number of rotatable bonds is 5. The first kappa shape index (κ1) is 15.4. The number of hydrogen-bond acceptors (Lipinski definition) is 4. The highest BCUT2D eigenvalue weighted by Crippen LogP contribution is 2.23. The molecule has 2 unspecified atom stereocenters. The van der Waals surface area contributed by atoms with Gasteiger partial charge in [-0.25, -0.2) is 0 Å². The lowest BCUT2D eigenvalue weighted by atomic mass is 9.86. The Morgan fingerprint density at radius 3 is 2.61 bits per heavy atom. The average Bonchev–Trinajstić information content (AvgIpc) is 2.24. The summed E-state index contributed by atoms with van der Waals surface area (Å²) in [4.78, 5) is 11.5. The summed E-state index contributed by atoms with van der Waals surface area (Å²) >= 11 is 0. The van der Waals surface area contributed by atoms with Crippen LogP contribution in [0.15, 0.2) is 0 Å². The molecule has 0 aliphatic heterocycles. The van der Waals surface area contributed by atoms with Crippen LogP contribution in [0.1, 0.15) is 52.9 Å². The zero-order valence-corrected chi connectivity index (χ0v) is 11.9. The topological polar surface area (TPSA) is 58.6 Å². The smallest absolute Gasteiger partial charge is 0.307 e. The van der Waals surface area contributed by atoms with Crippen molar-refractivity contribution in [2.24, 2.45) is 5.92 Å². The van der Waals surface area contributed by atoms with Crippen molar-refractivity contribution in [1.82, 2.24) is 5.32 Å². The van der Waals surface area contributed by atoms with Crippen LogP contribution in [-0.4, -0.2) is 35.9 Å². The Kier molecular flexibility index (Phi) is 6.09. The lowest BCUT2D eigenvalue weighted by molar-refractivity contribution is -0.154. The molecule has 0 aromatic heterocycles. The Morgan fingerprint density at radius 1 is 1.33 bits per heavy atom. The third-order valence-corrected chi connectivity index (χ3v) is 3.20. The van der Waals surface area contributed by atoms with Gasteiger partial charge in [0.1, 0.15) is 5.60 Å². The molecule has 4 heteroatoms. The molecule has 0 saturated heterocycles. The molecule has 1 aliphatic carbocycles. The second-order valence-corrected chi connectivity index (χ2v) is 6.15. The molecule has 1 rings (SSSR count). The van der Waals surface area contributed by atoms with Gasteiger partial charge in [0.15, 0.2) is 0 Å². The van der Waals surface area contributed by atoms with E-state index in [0.717, 1.165) is 25.8 Å². The minimum Gasteiger partial charge on any atom is -0.460 e. The lowest BCUT2D eigenvalue weighted by Crippen LogP contribution is -2.35. The summed E-state index contributed by atoms with van der Waals surface area (Å²) in [6.07, 6.45) is 4.55. The van der Waals surface area contributed by atoms with Gasteiger partial charge < -0.3 is 15.2 Å². The maximum Gasteiger partial charge on any atom is 0.307 e. The molecule has 0 heterocycles. The van der Waals surface area contributed by atoms with Crippen molar-refractivity contribution in [3.05, 3.63) is 0 Å². The highest BCUT2D eigenvalue weighted by Gasteiger charge is 2.22. The quantitative estimate of drug-likeness (QED) is 0.583. The fourth-order valence-electron chi connectivity index (χ4n) is 2.30. The van der Waals surface area contributed by atoms with Crippen molar-refractivity contribution in [3.8, 4) is 0 Å². The van der Waals surface area contributed by atoms with E-state index in [1.807, 2.05) is 20.8 Å². The molecule has 0 bridgehead atoms. The zero-order chi connectivity index (χ0) is 13.6. The minimum absolute atomic E-state index is 0.167. The van der Waals surface area contributed by atoms with Gasteiger partial charge in [0, 0.05) is 13.1 Å². The predicted octanol–water partition coefficient (Wildman–Crippen LogP) is 1.86. The molecule has 0 radical (unpaired) electrons. The van der Waals surface area contributed by atoms with E-state index in [0.29, 0.717) is 18.9 Å². The molecule has 2 N–H and O–H groups in total. The molecular weight excluding hydrogens is 230 g/mol. The van der Waals surface area contributed by atoms with Crippen molar-refractivity contribution in [2.45, 2.75) is 64.6 Å². The number of carbonyl (C=O) groups excluding carboxylic acids is 1. The third kappa shape index (κ3) is 6.36. The molecule has 0 spiro atoms. The first-order chi connectivity index (χ1) is 8.38. The standard InChI is InChI=1S/C14H27NO3/c1-14(2,3)18-13(17)8-9-15-10-11-6-4-5-7-12(11)16/h11-12,15-16H,4-10H2,1-3H3. The fraction of sp³-hybridized carbons (Fsp3) is 0.929.